The highest BCUT2D eigenvalue weighted by Crippen LogP contribution is 2.25. The summed E-state index contributed by atoms with van der Waals surface area (Å²) in [6.07, 6.45) is 0. The van der Waals surface area contributed by atoms with Crippen LogP contribution in [0.3, 0.4) is 0 Å². The zero-order chi connectivity index (χ0) is 11.6. The molecule has 0 fully saturated rings. The van der Waals surface area contributed by atoms with E-state index in [0.717, 1.165) is 11.0 Å². The molecule has 84 valence electrons. The van der Waals surface area contributed by atoms with Crippen LogP contribution in [0.2, 0.25) is 0 Å². The van der Waals surface area contributed by atoms with Crippen LogP contribution in [0, 0.1) is 0 Å². The van der Waals surface area contributed by atoms with E-state index in [2.05, 4.69) is 4.99 Å². The fourth-order valence-corrected chi connectivity index (χ4v) is 2.05. The summed E-state index contributed by atoms with van der Waals surface area (Å²) < 4.78 is 27.2. The molecule has 1 N–H and O–H groups in total. The van der Waals surface area contributed by atoms with Crippen LogP contribution in [0.4, 0.5) is 0 Å². The Morgan fingerprint density at radius 2 is 2.06 bits per heavy atom. The minimum atomic E-state index is -3.31. The van der Waals surface area contributed by atoms with Crippen LogP contribution < -0.4 is 4.74 Å². The second-order valence-electron chi connectivity index (χ2n) is 3.19. The molecule has 1 aliphatic heterocycles. The Kier molecular flexibility index (Phi) is 2.66. The summed E-state index contributed by atoms with van der Waals surface area (Å²) in [6.45, 7) is 0.00725. The van der Waals surface area contributed by atoms with E-state index in [-0.39, 0.29) is 12.4 Å². The van der Waals surface area contributed by atoms with Crippen molar-refractivity contribution in [3.8, 4) is 11.5 Å². The number of aromatic hydroxyl groups is 1. The molecule has 0 atom stereocenters. The lowest BCUT2D eigenvalue weighted by molar-refractivity contribution is 0.327. The van der Waals surface area contributed by atoms with Gasteiger partial charge in [0.2, 0.25) is 9.84 Å². The molecule has 0 saturated carbocycles. The molecule has 16 heavy (non-hydrogen) atoms. The van der Waals surface area contributed by atoms with E-state index in [1.54, 1.807) is 18.2 Å². The number of benzene rings is 1. The quantitative estimate of drug-likeness (QED) is 0.856. The van der Waals surface area contributed by atoms with Gasteiger partial charge in [-0.2, -0.15) is 0 Å². The van der Waals surface area contributed by atoms with Crippen molar-refractivity contribution < 1.29 is 18.3 Å². The largest absolute Gasteiger partial charge is 0.504 e. The fraction of sp³-hybridized carbons (Fsp3) is 0.100. The van der Waals surface area contributed by atoms with E-state index in [9.17, 15) is 13.5 Å². The zero-order valence-corrected chi connectivity index (χ0v) is 9.02. The Morgan fingerprint density at radius 1 is 1.31 bits per heavy atom. The third kappa shape index (κ3) is 2.40. The van der Waals surface area contributed by atoms with Crippen LogP contribution in [0.5, 0.6) is 11.5 Å². The van der Waals surface area contributed by atoms with Gasteiger partial charge in [0.05, 0.1) is 11.1 Å². The molecule has 0 aliphatic carbocycles. The van der Waals surface area contributed by atoms with Crippen LogP contribution >= 0.6 is 0 Å². The van der Waals surface area contributed by atoms with Gasteiger partial charge in [0.1, 0.15) is 12.2 Å². The van der Waals surface area contributed by atoms with Crippen LogP contribution in [-0.2, 0) is 9.84 Å². The second-order valence-corrected chi connectivity index (χ2v) is 4.81. The molecule has 1 aromatic rings. The molecule has 0 amide bonds. The normalized spacial score (nSPS) is 17.1. The number of hydrogen-bond acceptors (Lipinski definition) is 5. The molecule has 0 saturated heterocycles. The maximum absolute atomic E-state index is 11.0. The summed E-state index contributed by atoms with van der Waals surface area (Å²) >= 11 is 0. The molecule has 0 radical (unpaired) electrons. The number of rotatable bonds is 3. The highest BCUT2D eigenvalue weighted by Gasteiger charge is 2.13. The van der Waals surface area contributed by atoms with Crippen molar-refractivity contribution in [3.63, 3.8) is 0 Å². The number of nitrogens with zero attached hydrogens (tertiary/aromatic N) is 1. The summed E-state index contributed by atoms with van der Waals surface area (Å²) in [7, 11) is -3.31. The molecule has 2 rings (SSSR count). The third-order valence-corrected chi connectivity index (χ3v) is 2.91. The highest BCUT2D eigenvalue weighted by molar-refractivity contribution is 8.07. The Balaban J connectivity index is 2.05. The Hall–Kier alpha value is -1.82. The SMILES string of the molecule is O=S1(=O)C=NC(COc2ccccc2O)=C1. The van der Waals surface area contributed by atoms with Gasteiger partial charge in [0.25, 0.3) is 0 Å². The van der Waals surface area contributed by atoms with Gasteiger partial charge < -0.3 is 9.84 Å². The predicted molar refractivity (Wildman–Crippen MR) is 59.1 cm³/mol. The zero-order valence-electron chi connectivity index (χ0n) is 8.20. The van der Waals surface area contributed by atoms with E-state index in [1.807, 2.05) is 0 Å². The number of phenolic OH excluding ortho intramolecular Hbond substituents is 1. The van der Waals surface area contributed by atoms with E-state index in [4.69, 9.17) is 4.74 Å². The summed E-state index contributed by atoms with van der Waals surface area (Å²) in [5.41, 5.74) is 1.18. The molecule has 0 unspecified atom stereocenters. The number of hydrogen-bond donors (Lipinski definition) is 1. The van der Waals surface area contributed by atoms with Gasteiger partial charge in [-0.15, -0.1) is 0 Å². The van der Waals surface area contributed by atoms with Crippen LogP contribution in [-0.4, -0.2) is 25.7 Å². The van der Waals surface area contributed by atoms with Crippen molar-refractivity contribution in [1.82, 2.24) is 0 Å². The predicted octanol–water partition coefficient (Wildman–Crippen LogP) is 1.07. The first-order valence-corrected chi connectivity index (χ1v) is 6.08. The van der Waals surface area contributed by atoms with Crippen LogP contribution in [0.25, 0.3) is 0 Å². The molecule has 1 heterocycles. The van der Waals surface area contributed by atoms with Gasteiger partial charge in [0.15, 0.2) is 11.5 Å². The molecule has 1 aliphatic rings. The molecular formula is C10H9NO4S. The van der Waals surface area contributed by atoms with Crippen molar-refractivity contribution in [2.24, 2.45) is 4.99 Å². The lowest BCUT2D eigenvalue weighted by atomic mass is 10.3. The van der Waals surface area contributed by atoms with Gasteiger partial charge in [-0.1, -0.05) is 12.1 Å². The first-order valence-electron chi connectivity index (χ1n) is 4.47. The van der Waals surface area contributed by atoms with Crippen molar-refractivity contribution in [3.05, 3.63) is 35.4 Å². The smallest absolute Gasteiger partial charge is 0.212 e. The van der Waals surface area contributed by atoms with Crippen molar-refractivity contribution >= 4 is 15.4 Å². The van der Waals surface area contributed by atoms with E-state index >= 15 is 0 Å². The van der Waals surface area contributed by atoms with Gasteiger partial charge in [-0.3, -0.25) is 0 Å². The number of ether oxygens (including phenoxy) is 1. The minimum absolute atomic E-state index is 0.00725. The topological polar surface area (TPSA) is 76.0 Å². The van der Waals surface area contributed by atoms with Crippen molar-refractivity contribution in [2.45, 2.75) is 0 Å². The van der Waals surface area contributed by atoms with Gasteiger partial charge in [-0.25, -0.2) is 13.4 Å². The first-order chi connectivity index (χ1) is 7.57. The van der Waals surface area contributed by atoms with Crippen LogP contribution in [0.15, 0.2) is 40.4 Å². The fourth-order valence-electron chi connectivity index (χ4n) is 1.19. The Morgan fingerprint density at radius 3 is 2.69 bits per heavy atom. The molecular weight excluding hydrogens is 230 g/mol. The van der Waals surface area contributed by atoms with Gasteiger partial charge in [-0.05, 0) is 12.1 Å². The summed E-state index contributed by atoms with van der Waals surface area (Å²) in [5, 5.41) is 10.4. The lowest BCUT2D eigenvalue weighted by Crippen LogP contribution is -1.98. The van der Waals surface area contributed by atoms with E-state index in [0.29, 0.717) is 11.4 Å². The maximum atomic E-state index is 11.0. The second kappa shape index (κ2) is 3.97. The molecule has 1 aromatic carbocycles. The third-order valence-electron chi connectivity index (χ3n) is 1.91. The Labute approximate surface area is 92.6 Å². The first kappa shape index (κ1) is 10.7. The monoisotopic (exact) mass is 239 g/mol. The van der Waals surface area contributed by atoms with Crippen molar-refractivity contribution in [2.75, 3.05) is 6.61 Å². The summed E-state index contributed by atoms with van der Waals surface area (Å²) in [6, 6.07) is 6.44. The summed E-state index contributed by atoms with van der Waals surface area (Å²) in [5.74, 6) is 0.302. The van der Waals surface area contributed by atoms with Crippen LogP contribution in [0.1, 0.15) is 0 Å². The molecule has 5 nitrogen and oxygen atoms in total. The number of sulfone groups is 1. The number of phenols is 1. The molecule has 0 aromatic heterocycles. The highest BCUT2D eigenvalue weighted by atomic mass is 32.2. The van der Waals surface area contributed by atoms with Crippen molar-refractivity contribution in [1.29, 1.82) is 0 Å². The van der Waals surface area contributed by atoms with E-state index in [1.165, 1.54) is 6.07 Å². The number of aliphatic imine (C=N–C) groups is 1. The summed E-state index contributed by atoms with van der Waals surface area (Å²) in [4.78, 5) is 3.67. The Bertz CT molecular complexity index is 560. The van der Waals surface area contributed by atoms with E-state index < -0.39 is 9.84 Å². The van der Waals surface area contributed by atoms with Gasteiger partial charge in [0, 0.05) is 0 Å². The average Bonchev–Trinajstić information content (AvgIpc) is 2.57. The number of para-hydroxylation sites is 2. The minimum Gasteiger partial charge on any atom is -0.504 e. The average molecular weight is 239 g/mol. The lowest BCUT2D eigenvalue weighted by Gasteiger charge is -2.05. The maximum Gasteiger partial charge on any atom is 0.212 e. The van der Waals surface area contributed by atoms with Gasteiger partial charge >= 0.3 is 0 Å². The molecule has 0 bridgehead atoms. The standard InChI is InChI=1S/C10H9NO4S/c12-9-3-1-2-4-10(9)15-5-8-6-16(13,14)7-11-8/h1-4,6-7,12H,5H2. The molecule has 6 heteroatoms. The molecule has 0 spiro atoms.